The van der Waals surface area contributed by atoms with Gasteiger partial charge in [0.2, 0.25) is 0 Å². The van der Waals surface area contributed by atoms with Crippen LogP contribution in [0.5, 0.6) is 5.75 Å². The number of rotatable bonds is 5. The van der Waals surface area contributed by atoms with E-state index in [4.69, 9.17) is 9.47 Å². The van der Waals surface area contributed by atoms with Crippen LogP contribution in [-0.2, 0) is 28.7 Å². The van der Waals surface area contributed by atoms with Crippen LogP contribution in [0.3, 0.4) is 0 Å². The summed E-state index contributed by atoms with van der Waals surface area (Å²) in [4.78, 5) is 4.38. The van der Waals surface area contributed by atoms with E-state index in [0.717, 1.165) is 31.6 Å². The molecule has 2 N–H and O–H groups in total. The molecule has 25 heavy (non-hydrogen) atoms. The number of nitrogens with zero attached hydrogens (tertiary/aromatic N) is 4. The zero-order valence-electron chi connectivity index (χ0n) is 14.8. The van der Waals surface area contributed by atoms with Gasteiger partial charge >= 0.3 is 0 Å². The standard InChI is InChI=1S/C17H24N4O4/c1-17(2,23)16-13(22)8-7-11(18-16)15-12(21(3)20-19-15)10-25-14-6-4-5-9-24-14/h7-8,14,22-23H,4-6,9-10H2,1-3H3. The van der Waals surface area contributed by atoms with Gasteiger partial charge in [-0.3, -0.25) is 0 Å². The maximum absolute atomic E-state index is 10.2. The molecule has 1 atom stereocenters. The van der Waals surface area contributed by atoms with Crippen molar-refractivity contribution in [1.29, 1.82) is 0 Å². The first-order valence-corrected chi connectivity index (χ1v) is 8.41. The number of hydrogen-bond acceptors (Lipinski definition) is 7. The van der Waals surface area contributed by atoms with Gasteiger partial charge in [0, 0.05) is 13.7 Å². The number of hydrogen-bond donors (Lipinski definition) is 2. The molecule has 0 saturated carbocycles. The summed E-state index contributed by atoms with van der Waals surface area (Å²) < 4.78 is 13.1. The molecule has 1 saturated heterocycles. The van der Waals surface area contributed by atoms with E-state index in [-0.39, 0.29) is 17.7 Å². The van der Waals surface area contributed by atoms with Crippen LogP contribution in [0.1, 0.15) is 44.5 Å². The Morgan fingerprint density at radius 1 is 1.36 bits per heavy atom. The summed E-state index contributed by atoms with van der Waals surface area (Å²) in [6.45, 7) is 4.15. The number of ether oxygens (including phenoxy) is 2. The average molecular weight is 348 g/mol. The van der Waals surface area contributed by atoms with Crippen LogP contribution in [0.15, 0.2) is 12.1 Å². The predicted octanol–water partition coefficient (Wildman–Crippen LogP) is 1.85. The van der Waals surface area contributed by atoms with Crippen molar-refractivity contribution in [2.45, 2.75) is 51.6 Å². The highest BCUT2D eigenvalue weighted by atomic mass is 16.7. The lowest BCUT2D eigenvalue weighted by Gasteiger charge is -2.22. The van der Waals surface area contributed by atoms with Gasteiger partial charge in [0.15, 0.2) is 6.29 Å². The Morgan fingerprint density at radius 2 is 2.16 bits per heavy atom. The fourth-order valence-corrected chi connectivity index (χ4v) is 2.79. The van der Waals surface area contributed by atoms with Crippen molar-refractivity contribution in [2.75, 3.05) is 6.61 Å². The first kappa shape index (κ1) is 17.8. The van der Waals surface area contributed by atoms with Crippen LogP contribution in [0.4, 0.5) is 0 Å². The highest BCUT2D eigenvalue weighted by molar-refractivity contribution is 5.58. The molecule has 0 spiro atoms. The topological polar surface area (TPSA) is 103 Å². The number of aliphatic hydroxyl groups is 1. The van der Waals surface area contributed by atoms with Gasteiger partial charge in [0.05, 0.1) is 18.0 Å². The van der Waals surface area contributed by atoms with Gasteiger partial charge in [-0.15, -0.1) is 5.10 Å². The molecule has 1 fully saturated rings. The van der Waals surface area contributed by atoms with Gasteiger partial charge in [-0.2, -0.15) is 0 Å². The third-order valence-corrected chi connectivity index (χ3v) is 4.18. The first-order valence-electron chi connectivity index (χ1n) is 8.41. The van der Waals surface area contributed by atoms with Crippen molar-refractivity contribution in [3.05, 3.63) is 23.5 Å². The Hall–Kier alpha value is -2.03. The van der Waals surface area contributed by atoms with Crippen LogP contribution >= 0.6 is 0 Å². The van der Waals surface area contributed by atoms with Gasteiger partial charge in [-0.05, 0) is 45.2 Å². The molecule has 1 aliphatic heterocycles. The van der Waals surface area contributed by atoms with Crippen LogP contribution in [-0.4, -0.2) is 43.1 Å². The monoisotopic (exact) mass is 348 g/mol. The Morgan fingerprint density at radius 3 is 2.84 bits per heavy atom. The largest absolute Gasteiger partial charge is 0.506 e. The number of aromatic hydroxyl groups is 1. The summed E-state index contributed by atoms with van der Waals surface area (Å²) >= 11 is 0. The third kappa shape index (κ3) is 3.97. The van der Waals surface area contributed by atoms with E-state index in [1.54, 1.807) is 31.6 Å². The second-order valence-corrected chi connectivity index (χ2v) is 6.74. The molecule has 8 nitrogen and oxygen atoms in total. The van der Waals surface area contributed by atoms with E-state index >= 15 is 0 Å². The molecule has 3 rings (SSSR count). The lowest BCUT2D eigenvalue weighted by atomic mass is 10.0. The normalized spacial score (nSPS) is 18.5. The minimum absolute atomic E-state index is 0.0615. The molecule has 1 unspecified atom stereocenters. The summed E-state index contributed by atoms with van der Waals surface area (Å²) in [6.07, 6.45) is 2.82. The Labute approximate surface area is 146 Å². The first-order chi connectivity index (χ1) is 11.9. The summed E-state index contributed by atoms with van der Waals surface area (Å²) in [6, 6.07) is 3.15. The highest BCUT2D eigenvalue weighted by Gasteiger charge is 2.25. The van der Waals surface area contributed by atoms with E-state index in [0.29, 0.717) is 18.0 Å². The van der Waals surface area contributed by atoms with Crippen LogP contribution in [0.2, 0.25) is 0 Å². The molecule has 0 radical (unpaired) electrons. The SMILES string of the molecule is Cn1nnc(-c2ccc(O)c(C(C)(C)O)n2)c1COC1CCCCO1. The molecule has 0 aliphatic carbocycles. The molecule has 2 aromatic heterocycles. The van der Waals surface area contributed by atoms with Crippen LogP contribution in [0, 0.1) is 0 Å². The lowest BCUT2D eigenvalue weighted by Crippen LogP contribution is -2.22. The third-order valence-electron chi connectivity index (χ3n) is 4.18. The molecule has 0 bridgehead atoms. The van der Waals surface area contributed by atoms with Crippen molar-refractivity contribution in [3.63, 3.8) is 0 Å². The summed E-state index contributed by atoms with van der Waals surface area (Å²) in [7, 11) is 1.79. The number of aromatic nitrogens is 4. The van der Waals surface area contributed by atoms with Crippen molar-refractivity contribution >= 4 is 0 Å². The van der Waals surface area contributed by atoms with E-state index in [2.05, 4.69) is 15.3 Å². The van der Waals surface area contributed by atoms with E-state index in [9.17, 15) is 10.2 Å². The lowest BCUT2D eigenvalue weighted by molar-refractivity contribution is -0.169. The fraction of sp³-hybridized carbons (Fsp3) is 0.588. The van der Waals surface area contributed by atoms with Crippen LogP contribution < -0.4 is 0 Å². The van der Waals surface area contributed by atoms with Crippen LogP contribution in [0.25, 0.3) is 11.4 Å². The smallest absolute Gasteiger partial charge is 0.158 e. The molecule has 2 aromatic rings. The zero-order valence-corrected chi connectivity index (χ0v) is 14.8. The van der Waals surface area contributed by atoms with E-state index in [1.165, 1.54) is 6.07 Å². The van der Waals surface area contributed by atoms with Gasteiger partial charge in [-0.1, -0.05) is 5.21 Å². The second kappa shape index (κ2) is 7.07. The molecule has 3 heterocycles. The fourth-order valence-electron chi connectivity index (χ4n) is 2.79. The molecule has 1 aliphatic rings. The second-order valence-electron chi connectivity index (χ2n) is 6.74. The average Bonchev–Trinajstić information content (AvgIpc) is 2.94. The maximum Gasteiger partial charge on any atom is 0.158 e. The van der Waals surface area contributed by atoms with Gasteiger partial charge in [0.1, 0.15) is 22.7 Å². The Bertz CT molecular complexity index is 733. The minimum atomic E-state index is -1.27. The highest BCUT2D eigenvalue weighted by Crippen LogP contribution is 2.30. The summed E-state index contributed by atoms with van der Waals surface area (Å²) in [5.74, 6) is -0.0615. The van der Waals surface area contributed by atoms with E-state index < -0.39 is 5.60 Å². The minimum Gasteiger partial charge on any atom is -0.506 e. The van der Waals surface area contributed by atoms with Gasteiger partial charge in [-0.25, -0.2) is 9.67 Å². The molecular formula is C17H24N4O4. The molecule has 8 heteroatoms. The number of pyridine rings is 1. The maximum atomic E-state index is 10.2. The van der Waals surface area contributed by atoms with Gasteiger partial charge < -0.3 is 19.7 Å². The van der Waals surface area contributed by atoms with Gasteiger partial charge in [0.25, 0.3) is 0 Å². The Balaban J connectivity index is 1.86. The number of aryl methyl sites for hydroxylation is 1. The van der Waals surface area contributed by atoms with Crippen molar-refractivity contribution in [1.82, 2.24) is 20.0 Å². The summed E-state index contributed by atoms with van der Waals surface area (Å²) in [5.41, 5.74) is 0.761. The zero-order chi connectivity index (χ0) is 18.0. The van der Waals surface area contributed by atoms with Crippen molar-refractivity contribution in [3.8, 4) is 17.1 Å². The quantitative estimate of drug-likeness (QED) is 0.850. The molecule has 0 aromatic carbocycles. The Kier molecular flexibility index (Phi) is 5.03. The predicted molar refractivity (Wildman–Crippen MR) is 89.5 cm³/mol. The molecule has 0 amide bonds. The van der Waals surface area contributed by atoms with Crippen molar-refractivity contribution in [2.24, 2.45) is 7.05 Å². The summed E-state index contributed by atoms with van der Waals surface area (Å²) in [5, 5.41) is 28.4. The van der Waals surface area contributed by atoms with Crippen molar-refractivity contribution < 1.29 is 19.7 Å². The molecular weight excluding hydrogens is 324 g/mol. The van der Waals surface area contributed by atoms with E-state index in [1.807, 2.05) is 0 Å². The molecule has 136 valence electrons.